The predicted octanol–water partition coefficient (Wildman–Crippen LogP) is 3.84. The van der Waals surface area contributed by atoms with E-state index in [1.54, 1.807) is 7.11 Å². The summed E-state index contributed by atoms with van der Waals surface area (Å²) in [5.41, 5.74) is 3.49. The Morgan fingerprint density at radius 2 is 1.80 bits per heavy atom. The Balaban J connectivity index is 1.97. The van der Waals surface area contributed by atoms with Crippen LogP contribution in [0.4, 0.5) is 5.69 Å². The summed E-state index contributed by atoms with van der Waals surface area (Å²) < 4.78 is 10.6. The molecule has 0 spiro atoms. The van der Waals surface area contributed by atoms with Crippen LogP contribution in [0, 0.1) is 0 Å². The lowest BCUT2D eigenvalue weighted by molar-refractivity contribution is 0.185. The first kappa shape index (κ1) is 14.4. The molecule has 0 fully saturated rings. The van der Waals surface area contributed by atoms with E-state index >= 15 is 0 Å². The van der Waals surface area contributed by atoms with Crippen molar-refractivity contribution in [1.29, 1.82) is 0 Å². The van der Waals surface area contributed by atoms with E-state index < -0.39 is 0 Å². The summed E-state index contributed by atoms with van der Waals surface area (Å²) >= 11 is 0. The zero-order chi connectivity index (χ0) is 14.2. The summed E-state index contributed by atoms with van der Waals surface area (Å²) in [7, 11) is 1.71. The minimum absolute atomic E-state index is 0.646. The normalized spacial score (nSPS) is 10.3. The summed E-state index contributed by atoms with van der Waals surface area (Å²) in [4.78, 5) is 0. The van der Waals surface area contributed by atoms with Crippen LogP contribution in [0.5, 0.6) is 5.75 Å². The van der Waals surface area contributed by atoms with Crippen LogP contribution in [0.1, 0.15) is 18.1 Å². The summed E-state index contributed by atoms with van der Waals surface area (Å²) in [6.45, 7) is 4.10. The number of hydrogen-bond acceptors (Lipinski definition) is 3. The molecule has 2 rings (SSSR count). The molecule has 0 unspecified atom stereocenters. The lowest BCUT2D eigenvalue weighted by atomic mass is 10.1. The van der Waals surface area contributed by atoms with Crippen molar-refractivity contribution < 1.29 is 9.47 Å². The summed E-state index contributed by atoms with van der Waals surface area (Å²) in [6, 6.07) is 16.4. The number of hydrogen-bond donors (Lipinski definition) is 1. The third-order valence-electron chi connectivity index (χ3n) is 2.94. The van der Waals surface area contributed by atoms with E-state index in [9.17, 15) is 0 Å². The summed E-state index contributed by atoms with van der Waals surface area (Å²) in [5, 5.41) is 3.41. The summed E-state index contributed by atoms with van der Waals surface area (Å²) in [5.74, 6) is 0.894. The van der Waals surface area contributed by atoms with Crippen molar-refractivity contribution in [2.75, 3.05) is 19.0 Å². The van der Waals surface area contributed by atoms with Crippen molar-refractivity contribution in [3.05, 3.63) is 59.7 Å². The van der Waals surface area contributed by atoms with Crippen LogP contribution in [0.15, 0.2) is 48.5 Å². The molecule has 2 aromatic rings. The quantitative estimate of drug-likeness (QED) is 0.830. The van der Waals surface area contributed by atoms with Gasteiger partial charge in [-0.15, -0.1) is 0 Å². The van der Waals surface area contributed by atoms with Crippen molar-refractivity contribution in [2.24, 2.45) is 0 Å². The maximum Gasteiger partial charge on any atom is 0.121 e. The molecule has 0 heterocycles. The van der Waals surface area contributed by atoms with Gasteiger partial charge in [0.05, 0.1) is 13.2 Å². The Morgan fingerprint density at radius 3 is 2.60 bits per heavy atom. The number of anilines is 1. The molecule has 0 radical (unpaired) electrons. The molecule has 2 aromatic carbocycles. The van der Waals surface area contributed by atoms with Crippen LogP contribution in [-0.2, 0) is 17.9 Å². The highest BCUT2D eigenvalue weighted by Gasteiger charge is 1.98. The van der Waals surface area contributed by atoms with E-state index in [0.29, 0.717) is 13.2 Å². The van der Waals surface area contributed by atoms with E-state index in [-0.39, 0.29) is 0 Å². The molecule has 0 aliphatic carbocycles. The van der Waals surface area contributed by atoms with Crippen molar-refractivity contribution in [3.63, 3.8) is 0 Å². The van der Waals surface area contributed by atoms with Crippen molar-refractivity contribution in [1.82, 2.24) is 0 Å². The number of benzene rings is 2. The van der Waals surface area contributed by atoms with Crippen molar-refractivity contribution in [2.45, 2.75) is 20.1 Å². The molecule has 0 aliphatic rings. The average molecular weight is 271 g/mol. The van der Waals surface area contributed by atoms with Gasteiger partial charge in [0.1, 0.15) is 5.75 Å². The molecule has 106 valence electrons. The largest absolute Gasteiger partial charge is 0.494 e. The molecular weight excluding hydrogens is 250 g/mol. The van der Waals surface area contributed by atoms with Crippen LogP contribution >= 0.6 is 0 Å². The summed E-state index contributed by atoms with van der Waals surface area (Å²) in [6.07, 6.45) is 0. The van der Waals surface area contributed by atoms with Crippen molar-refractivity contribution in [3.8, 4) is 5.75 Å². The topological polar surface area (TPSA) is 30.5 Å². The number of methoxy groups -OCH3 is 1. The lowest BCUT2D eigenvalue weighted by Gasteiger charge is -2.10. The van der Waals surface area contributed by atoms with E-state index in [1.807, 2.05) is 31.2 Å². The van der Waals surface area contributed by atoms with Crippen LogP contribution in [0.3, 0.4) is 0 Å². The first-order valence-corrected chi connectivity index (χ1v) is 6.85. The fraction of sp³-hybridized carbons (Fsp3) is 0.294. The van der Waals surface area contributed by atoms with Crippen molar-refractivity contribution >= 4 is 5.69 Å². The monoisotopic (exact) mass is 271 g/mol. The standard InChI is InChI=1S/C17H21NO2/c1-3-20-17-9-5-8-16(11-17)18-12-14-6-4-7-15(10-14)13-19-2/h4-11,18H,3,12-13H2,1-2H3. The molecule has 1 N–H and O–H groups in total. The Hall–Kier alpha value is -2.00. The molecule has 0 saturated heterocycles. The lowest BCUT2D eigenvalue weighted by Crippen LogP contribution is -2.01. The van der Waals surface area contributed by atoms with Gasteiger partial charge in [-0.3, -0.25) is 0 Å². The van der Waals surface area contributed by atoms with Gasteiger partial charge < -0.3 is 14.8 Å². The molecule has 0 bridgehead atoms. The van der Waals surface area contributed by atoms with Gasteiger partial charge in [-0.1, -0.05) is 30.3 Å². The van der Waals surface area contributed by atoms with Gasteiger partial charge in [-0.25, -0.2) is 0 Å². The van der Waals surface area contributed by atoms with E-state index in [4.69, 9.17) is 9.47 Å². The van der Waals surface area contributed by atoms with Crippen LogP contribution < -0.4 is 10.1 Å². The minimum atomic E-state index is 0.646. The zero-order valence-electron chi connectivity index (χ0n) is 12.1. The highest BCUT2D eigenvalue weighted by molar-refractivity contribution is 5.48. The van der Waals surface area contributed by atoms with Crippen LogP contribution in [-0.4, -0.2) is 13.7 Å². The highest BCUT2D eigenvalue weighted by Crippen LogP contribution is 2.18. The average Bonchev–Trinajstić information content (AvgIpc) is 2.47. The smallest absolute Gasteiger partial charge is 0.121 e. The molecule has 3 heteroatoms. The van der Waals surface area contributed by atoms with E-state index in [0.717, 1.165) is 18.0 Å². The third-order valence-corrected chi connectivity index (χ3v) is 2.94. The van der Waals surface area contributed by atoms with Crippen LogP contribution in [0.2, 0.25) is 0 Å². The molecule has 3 nitrogen and oxygen atoms in total. The fourth-order valence-electron chi connectivity index (χ4n) is 2.06. The van der Waals surface area contributed by atoms with Gasteiger partial charge in [0, 0.05) is 25.4 Å². The first-order valence-electron chi connectivity index (χ1n) is 6.85. The van der Waals surface area contributed by atoms with Gasteiger partial charge in [0.2, 0.25) is 0 Å². The molecule has 0 amide bonds. The molecule has 0 saturated carbocycles. The first-order chi connectivity index (χ1) is 9.81. The Morgan fingerprint density at radius 1 is 1.00 bits per heavy atom. The van der Waals surface area contributed by atoms with Gasteiger partial charge in [0.25, 0.3) is 0 Å². The van der Waals surface area contributed by atoms with E-state index in [1.165, 1.54) is 11.1 Å². The minimum Gasteiger partial charge on any atom is -0.494 e. The van der Waals surface area contributed by atoms with Gasteiger partial charge in [-0.2, -0.15) is 0 Å². The Kier molecular flexibility index (Phi) is 5.44. The van der Waals surface area contributed by atoms with Gasteiger partial charge in [0.15, 0.2) is 0 Å². The molecule has 0 aromatic heterocycles. The van der Waals surface area contributed by atoms with Crippen LogP contribution in [0.25, 0.3) is 0 Å². The Bertz CT molecular complexity index is 491. The number of ether oxygens (including phenoxy) is 2. The number of nitrogens with one attached hydrogen (secondary N) is 1. The Labute approximate surface area is 120 Å². The maximum absolute atomic E-state index is 5.49. The van der Waals surface area contributed by atoms with Gasteiger partial charge >= 0.3 is 0 Å². The SMILES string of the molecule is CCOc1cccc(NCc2cccc(COC)c2)c1. The molecular formula is C17H21NO2. The molecule has 0 aliphatic heterocycles. The maximum atomic E-state index is 5.49. The van der Waals surface area contributed by atoms with E-state index in [2.05, 4.69) is 29.6 Å². The molecule has 0 atom stereocenters. The fourth-order valence-corrected chi connectivity index (χ4v) is 2.06. The second kappa shape index (κ2) is 7.56. The highest BCUT2D eigenvalue weighted by atomic mass is 16.5. The predicted molar refractivity (Wildman–Crippen MR) is 82.1 cm³/mol. The zero-order valence-corrected chi connectivity index (χ0v) is 12.1. The number of rotatable bonds is 7. The second-order valence-corrected chi connectivity index (χ2v) is 4.57. The second-order valence-electron chi connectivity index (χ2n) is 4.57. The molecule has 20 heavy (non-hydrogen) atoms. The van der Waals surface area contributed by atoms with Gasteiger partial charge in [-0.05, 0) is 30.2 Å². The third kappa shape index (κ3) is 4.28.